The third kappa shape index (κ3) is 5.12. The second-order valence-corrected chi connectivity index (χ2v) is 3.83. The summed E-state index contributed by atoms with van der Waals surface area (Å²) in [5, 5.41) is 2.98. The lowest BCUT2D eigenvalue weighted by atomic mass is 10.5. The molecule has 0 unspecified atom stereocenters. The van der Waals surface area contributed by atoms with Crippen LogP contribution in [0, 0.1) is 0 Å². The molecular weight excluding hydrogens is 272 g/mol. The Hall–Kier alpha value is -1.83. The molecule has 0 aliphatic rings. The number of ether oxygens (including phenoxy) is 1. The van der Waals surface area contributed by atoms with Crippen molar-refractivity contribution in [1.29, 1.82) is 0 Å². The first-order valence-corrected chi connectivity index (χ1v) is 6.27. The van der Waals surface area contributed by atoms with E-state index in [4.69, 9.17) is 17.3 Å². The van der Waals surface area contributed by atoms with Crippen LogP contribution in [-0.4, -0.2) is 47.3 Å². The van der Waals surface area contributed by atoms with Crippen molar-refractivity contribution in [1.82, 2.24) is 15.0 Å². The van der Waals surface area contributed by atoms with Gasteiger partial charge in [0.05, 0.1) is 6.54 Å². The molecule has 0 saturated carbocycles. The summed E-state index contributed by atoms with van der Waals surface area (Å²) in [5.74, 6) is 0.832. The highest BCUT2D eigenvalue weighted by atomic mass is 35.5. The smallest absolute Gasteiger partial charge is 0.404 e. The summed E-state index contributed by atoms with van der Waals surface area (Å²) in [4.78, 5) is 24.6. The molecule has 9 heteroatoms. The maximum Gasteiger partial charge on any atom is 0.404 e. The van der Waals surface area contributed by atoms with Gasteiger partial charge in [0.2, 0.25) is 17.2 Å². The average Bonchev–Trinajstić information content (AvgIpc) is 2.35. The normalized spacial score (nSPS) is 10.1. The number of hydrogen-bond donors (Lipinski definition) is 2. The molecule has 1 aromatic rings. The number of nitrogens with two attached hydrogens (primary N) is 1. The summed E-state index contributed by atoms with van der Waals surface area (Å²) in [6.45, 7) is 5.98. The van der Waals surface area contributed by atoms with Crippen molar-refractivity contribution >= 4 is 29.6 Å². The third-order valence-corrected chi connectivity index (χ3v) is 2.44. The zero-order valence-corrected chi connectivity index (χ0v) is 11.6. The van der Waals surface area contributed by atoms with Crippen LogP contribution in [0.1, 0.15) is 13.8 Å². The summed E-state index contributed by atoms with van der Waals surface area (Å²) in [7, 11) is 0. The largest absolute Gasteiger partial charge is 0.448 e. The number of amides is 1. The third-order valence-electron chi connectivity index (χ3n) is 2.27. The van der Waals surface area contributed by atoms with Gasteiger partial charge < -0.3 is 20.7 Å². The molecule has 1 aromatic heterocycles. The molecular formula is C10H17ClN6O2. The molecule has 0 aromatic carbocycles. The van der Waals surface area contributed by atoms with E-state index < -0.39 is 6.09 Å². The van der Waals surface area contributed by atoms with Crippen LogP contribution >= 0.6 is 11.6 Å². The Morgan fingerprint density at radius 1 is 1.37 bits per heavy atom. The van der Waals surface area contributed by atoms with Gasteiger partial charge in [0.25, 0.3) is 0 Å². The van der Waals surface area contributed by atoms with Gasteiger partial charge in [-0.15, -0.1) is 0 Å². The van der Waals surface area contributed by atoms with Crippen molar-refractivity contribution in [3.63, 3.8) is 0 Å². The number of halogens is 1. The highest BCUT2D eigenvalue weighted by molar-refractivity contribution is 6.28. The van der Waals surface area contributed by atoms with Gasteiger partial charge >= 0.3 is 6.09 Å². The molecule has 0 spiro atoms. The highest BCUT2D eigenvalue weighted by Crippen LogP contribution is 2.13. The van der Waals surface area contributed by atoms with Gasteiger partial charge in [0.15, 0.2) is 0 Å². The zero-order chi connectivity index (χ0) is 14.3. The number of hydrogen-bond acceptors (Lipinski definition) is 7. The molecule has 0 fully saturated rings. The Balaban J connectivity index is 2.65. The van der Waals surface area contributed by atoms with Crippen LogP contribution in [0.25, 0.3) is 0 Å². The van der Waals surface area contributed by atoms with E-state index in [1.165, 1.54) is 0 Å². The van der Waals surface area contributed by atoms with Crippen molar-refractivity contribution in [3.8, 4) is 0 Å². The fourth-order valence-corrected chi connectivity index (χ4v) is 1.54. The van der Waals surface area contributed by atoms with Crippen LogP contribution in [0.3, 0.4) is 0 Å². The quantitative estimate of drug-likeness (QED) is 0.717. The van der Waals surface area contributed by atoms with Gasteiger partial charge in [-0.3, -0.25) is 0 Å². The predicted molar refractivity (Wildman–Crippen MR) is 72.4 cm³/mol. The number of anilines is 2. The fourth-order valence-electron chi connectivity index (χ4n) is 1.38. The molecule has 0 saturated heterocycles. The van der Waals surface area contributed by atoms with Crippen LogP contribution < -0.4 is 16.0 Å². The van der Waals surface area contributed by atoms with Crippen LogP contribution in [-0.2, 0) is 4.74 Å². The zero-order valence-electron chi connectivity index (χ0n) is 10.9. The lowest BCUT2D eigenvalue weighted by Gasteiger charge is -2.18. The topological polar surface area (TPSA) is 106 Å². The molecule has 19 heavy (non-hydrogen) atoms. The van der Waals surface area contributed by atoms with Gasteiger partial charge in [0.1, 0.15) is 6.61 Å². The second-order valence-electron chi connectivity index (χ2n) is 3.49. The van der Waals surface area contributed by atoms with E-state index in [0.717, 1.165) is 13.1 Å². The van der Waals surface area contributed by atoms with E-state index in [2.05, 4.69) is 25.0 Å². The molecule has 8 nitrogen and oxygen atoms in total. The van der Waals surface area contributed by atoms with Gasteiger partial charge in [-0.2, -0.15) is 15.0 Å². The highest BCUT2D eigenvalue weighted by Gasteiger charge is 2.09. The minimum atomic E-state index is -0.820. The molecule has 1 heterocycles. The number of rotatable bonds is 7. The van der Waals surface area contributed by atoms with Crippen LogP contribution in [0.4, 0.5) is 16.7 Å². The molecule has 0 radical (unpaired) electrons. The van der Waals surface area contributed by atoms with Crippen molar-refractivity contribution in [2.45, 2.75) is 13.8 Å². The maximum absolute atomic E-state index is 10.4. The Bertz CT molecular complexity index is 426. The van der Waals surface area contributed by atoms with Crippen molar-refractivity contribution in [2.75, 3.05) is 36.5 Å². The molecule has 1 amide bonds. The van der Waals surface area contributed by atoms with Gasteiger partial charge in [-0.05, 0) is 25.4 Å². The van der Waals surface area contributed by atoms with Crippen LogP contribution in [0.5, 0.6) is 0 Å². The van der Waals surface area contributed by atoms with Crippen LogP contribution in [0.2, 0.25) is 5.28 Å². The maximum atomic E-state index is 10.4. The Morgan fingerprint density at radius 3 is 2.63 bits per heavy atom. The monoisotopic (exact) mass is 288 g/mol. The molecule has 106 valence electrons. The molecule has 0 aliphatic heterocycles. The number of primary amides is 1. The number of nitrogens with zero attached hydrogens (tertiary/aromatic N) is 4. The van der Waals surface area contributed by atoms with Crippen molar-refractivity contribution < 1.29 is 9.53 Å². The standard InChI is InChI=1S/C10H17ClN6O2/c1-3-17(4-2)10-15-7(11)14-9(16-10)13-5-6-19-8(12)18/h3-6H2,1-2H3,(H2,12,18)(H,13,14,15,16). The molecule has 1 rings (SSSR count). The first kappa shape index (κ1) is 15.2. The Kier molecular flexibility index (Phi) is 6.07. The van der Waals surface area contributed by atoms with Gasteiger partial charge in [-0.25, -0.2) is 4.79 Å². The summed E-state index contributed by atoms with van der Waals surface area (Å²) in [6, 6.07) is 0. The predicted octanol–water partition coefficient (Wildman–Crippen LogP) is 0.878. The van der Waals surface area contributed by atoms with E-state index in [1.807, 2.05) is 18.7 Å². The Labute approximate surface area is 116 Å². The summed E-state index contributed by atoms with van der Waals surface area (Å²) in [6.07, 6.45) is -0.820. The van der Waals surface area contributed by atoms with Gasteiger partial charge in [0, 0.05) is 13.1 Å². The van der Waals surface area contributed by atoms with E-state index >= 15 is 0 Å². The molecule has 0 bridgehead atoms. The summed E-state index contributed by atoms with van der Waals surface area (Å²) in [5.41, 5.74) is 4.84. The molecule has 0 aliphatic carbocycles. The first-order valence-electron chi connectivity index (χ1n) is 5.89. The number of nitrogens with one attached hydrogen (secondary N) is 1. The minimum Gasteiger partial charge on any atom is -0.448 e. The van der Waals surface area contributed by atoms with E-state index in [0.29, 0.717) is 18.4 Å². The van der Waals surface area contributed by atoms with Gasteiger partial charge in [-0.1, -0.05) is 0 Å². The lowest BCUT2D eigenvalue weighted by Crippen LogP contribution is -2.25. The lowest BCUT2D eigenvalue weighted by molar-refractivity contribution is 0.161. The first-order chi connectivity index (χ1) is 9.06. The summed E-state index contributed by atoms with van der Waals surface area (Å²) < 4.78 is 4.58. The van der Waals surface area contributed by atoms with Crippen LogP contribution in [0.15, 0.2) is 0 Å². The van der Waals surface area contributed by atoms with E-state index in [-0.39, 0.29) is 11.9 Å². The SMILES string of the molecule is CCN(CC)c1nc(Cl)nc(NCCOC(N)=O)n1. The number of aromatic nitrogens is 3. The number of carbonyl (C=O) groups is 1. The second kappa shape index (κ2) is 7.57. The van der Waals surface area contributed by atoms with Crippen molar-refractivity contribution in [2.24, 2.45) is 5.73 Å². The fraction of sp³-hybridized carbons (Fsp3) is 0.600. The summed E-state index contributed by atoms with van der Waals surface area (Å²) >= 11 is 5.84. The average molecular weight is 289 g/mol. The number of carbonyl (C=O) groups excluding carboxylic acids is 1. The minimum absolute atomic E-state index is 0.107. The van der Waals surface area contributed by atoms with E-state index in [1.54, 1.807) is 0 Å². The van der Waals surface area contributed by atoms with E-state index in [9.17, 15) is 4.79 Å². The Morgan fingerprint density at radius 2 is 2.05 bits per heavy atom. The molecule has 0 atom stereocenters. The van der Waals surface area contributed by atoms with Crippen molar-refractivity contribution in [3.05, 3.63) is 5.28 Å². The molecule has 3 N–H and O–H groups in total.